The number of nitrogens with one attached hydrogen (secondary N) is 2. The normalized spacial score (nSPS) is 16.9. The van der Waals surface area contributed by atoms with Gasteiger partial charge in [-0.3, -0.25) is 9.59 Å². The number of piperidine rings is 1. The van der Waals surface area contributed by atoms with E-state index in [1.54, 1.807) is 0 Å². The molecule has 5 nitrogen and oxygen atoms in total. The highest BCUT2D eigenvalue weighted by Gasteiger charge is 2.20. The van der Waals surface area contributed by atoms with Crippen molar-refractivity contribution in [2.24, 2.45) is 0 Å². The first-order valence-electron chi connectivity index (χ1n) is 11.7. The SMILES string of the molecule is CCC(NC(=O)C(=O)Nc1ccc(N2CCCCC2)cc1)c1ccc2c(c1)CCCC2. The molecule has 1 saturated heterocycles. The van der Waals surface area contributed by atoms with E-state index in [4.69, 9.17) is 0 Å². The van der Waals surface area contributed by atoms with Gasteiger partial charge in [0.2, 0.25) is 0 Å². The van der Waals surface area contributed by atoms with Crippen molar-refractivity contribution in [1.29, 1.82) is 0 Å². The average molecular weight is 420 g/mol. The minimum atomic E-state index is -0.623. The van der Waals surface area contributed by atoms with Gasteiger partial charge in [-0.15, -0.1) is 0 Å². The fraction of sp³-hybridized carbons (Fsp3) is 0.462. The molecule has 31 heavy (non-hydrogen) atoms. The minimum Gasteiger partial charge on any atom is -0.372 e. The maximum atomic E-state index is 12.6. The quantitative estimate of drug-likeness (QED) is 0.687. The number of rotatable bonds is 5. The van der Waals surface area contributed by atoms with E-state index < -0.39 is 11.8 Å². The van der Waals surface area contributed by atoms with Crippen LogP contribution in [0.3, 0.4) is 0 Å². The molecule has 0 radical (unpaired) electrons. The Bertz CT molecular complexity index is 917. The molecule has 1 aliphatic heterocycles. The lowest BCUT2D eigenvalue weighted by molar-refractivity contribution is -0.136. The molecule has 0 spiro atoms. The molecule has 2 aromatic rings. The maximum Gasteiger partial charge on any atom is 0.313 e. The molecule has 2 amide bonds. The molecule has 2 N–H and O–H groups in total. The van der Waals surface area contributed by atoms with Gasteiger partial charge in [0, 0.05) is 24.5 Å². The third-order valence-corrected chi connectivity index (χ3v) is 6.54. The largest absolute Gasteiger partial charge is 0.372 e. The van der Waals surface area contributed by atoms with Crippen molar-refractivity contribution in [3.63, 3.8) is 0 Å². The summed E-state index contributed by atoms with van der Waals surface area (Å²) < 4.78 is 0. The Hall–Kier alpha value is -2.82. The molecule has 4 rings (SSSR count). The van der Waals surface area contributed by atoms with Gasteiger partial charge in [0.05, 0.1) is 6.04 Å². The lowest BCUT2D eigenvalue weighted by Crippen LogP contribution is -2.37. The molecule has 1 atom stereocenters. The summed E-state index contributed by atoms with van der Waals surface area (Å²) in [7, 11) is 0. The van der Waals surface area contributed by atoms with Crippen LogP contribution in [0.15, 0.2) is 42.5 Å². The lowest BCUT2D eigenvalue weighted by Gasteiger charge is -2.28. The van der Waals surface area contributed by atoms with Gasteiger partial charge in [0.1, 0.15) is 0 Å². The van der Waals surface area contributed by atoms with E-state index in [2.05, 4.69) is 33.7 Å². The molecule has 5 heteroatoms. The van der Waals surface area contributed by atoms with Crippen LogP contribution in [0.2, 0.25) is 0 Å². The average Bonchev–Trinajstić information content (AvgIpc) is 2.83. The van der Waals surface area contributed by atoms with Crippen LogP contribution in [0.25, 0.3) is 0 Å². The van der Waals surface area contributed by atoms with Crippen molar-refractivity contribution < 1.29 is 9.59 Å². The summed E-state index contributed by atoms with van der Waals surface area (Å²) in [4.78, 5) is 27.4. The minimum absolute atomic E-state index is 0.160. The van der Waals surface area contributed by atoms with Crippen molar-refractivity contribution in [3.8, 4) is 0 Å². The number of hydrogen-bond donors (Lipinski definition) is 2. The van der Waals surface area contributed by atoms with Crippen LogP contribution in [0.5, 0.6) is 0 Å². The molecular formula is C26H33N3O2. The molecule has 1 unspecified atom stereocenters. The molecule has 0 aromatic heterocycles. The molecule has 0 saturated carbocycles. The molecule has 2 aliphatic rings. The highest BCUT2D eigenvalue weighted by atomic mass is 16.2. The molecule has 0 bridgehead atoms. The zero-order valence-corrected chi connectivity index (χ0v) is 18.5. The number of amides is 2. The Balaban J connectivity index is 1.35. The monoisotopic (exact) mass is 419 g/mol. The summed E-state index contributed by atoms with van der Waals surface area (Å²) in [6.45, 7) is 4.19. The lowest BCUT2D eigenvalue weighted by atomic mass is 9.89. The van der Waals surface area contributed by atoms with Crippen molar-refractivity contribution in [2.45, 2.75) is 64.3 Å². The van der Waals surface area contributed by atoms with E-state index in [1.807, 2.05) is 31.2 Å². The van der Waals surface area contributed by atoms with Crippen LogP contribution in [-0.2, 0) is 22.4 Å². The Morgan fingerprint density at radius 2 is 1.58 bits per heavy atom. The smallest absolute Gasteiger partial charge is 0.313 e. The standard InChI is InChI=1S/C26H33N3O2/c1-2-24(21-11-10-19-8-4-5-9-20(19)18-21)28-26(31)25(30)27-22-12-14-23(15-13-22)29-16-6-3-7-17-29/h10-15,18,24H,2-9,16-17H2,1H3,(H,27,30)(H,28,31). The molecule has 1 heterocycles. The number of nitrogens with zero attached hydrogens (tertiary/aromatic N) is 1. The number of aryl methyl sites for hydroxylation is 2. The number of hydrogen-bond acceptors (Lipinski definition) is 3. The van der Waals surface area contributed by atoms with Gasteiger partial charge in [0.25, 0.3) is 0 Å². The second-order valence-electron chi connectivity index (χ2n) is 8.72. The van der Waals surface area contributed by atoms with E-state index >= 15 is 0 Å². The van der Waals surface area contributed by atoms with Crippen LogP contribution < -0.4 is 15.5 Å². The van der Waals surface area contributed by atoms with Crippen LogP contribution in [0.1, 0.15) is 68.2 Å². The first-order valence-corrected chi connectivity index (χ1v) is 11.7. The van der Waals surface area contributed by atoms with Gasteiger partial charge in [-0.25, -0.2) is 0 Å². The molecule has 164 valence electrons. The van der Waals surface area contributed by atoms with Gasteiger partial charge in [-0.05, 0) is 92.3 Å². The predicted octanol–water partition coefficient (Wildman–Crippen LogP) is 4.76. The fourth-order valence-corrected chi connectivity index (χ4v) is 4.71. The van der Waals surface area contributed by atoms with Crippen molar-refractivity contribution in [2.75, 3.05) is 23.3 Å². The summed E-state index contributed by atoms with van der Waals surface area (Å²) >= 11 is 0. The summed E-state index contributed by atoms with van der Waals surface area (Å²) in [6, 6.07) is 14.1. The zero-order chi connectivity index (χ0) is 21.6. The number of fused-ring (bicyclic) bond motifs is 1. The van der Waals surface area contributed by atoms with Crippen LogP contribution in [-0.4, -0.2) is 24.9 Å². The Morgan fingerprint density at radius 1 is 0.871 bits per heavy atom. The van der Waals surface area contributed by atoms with Crippen LogP contribution in [0.4, 0.5) is 11.4 Å². The molecule has 1 aliphatic carbocycles. The maximum absolute atomic E-state index is 12.6. The molecule has 1 fully saturated rings. The highest BCUT2D eigenvalue weighted by molar-refractivity contribution is 6.39. The first-order chi connectivity index (χ1) is 15.1. The summed E-state index contributed by atoms with van der Waals surface area (Å²) in [5.41, 5.74) is 5.69. The van der Waals surface area contributed by atoms with Gasteiger partial charge in [-0.1, -0.05) is 25.1 Å². The van der Waals surface area contributed by atoms with E-state index in [9.17, 15) is 9.59 Å². The third-order valence-electron chi connectivity index (χ3n) is 6.54. The summed E-state index contributed by atoms with van der Waals surface area (Å²) in [5.74, 6) is -1.22. The number of carbonyl (C=O) groups is 2. The zero-order valence-electron chi connectivity index (χ0n) is 18.5. The fourth-order valence-electron chi connectivity index (χ4n) is 4.71. The van der Waals surface area contributed by atoms with E-state index in [0.717, 1.165) is 37.9 Å². The van der Waals surface area contributed by atoms with Gasteiger partial charge < -0.3 is 15.5 Å². The second kappa shape index (κ2) is 9.99. The highest BCUT2D eigenvalue weighted by Crippen LogP contribution is 2.26. The third kappa shape index (κ3) is 5.27. The van der Waals surface area contributed by atoms with E-state index in [1.165, 1.54) is 48.9 Å². The van der Waals surface area contributed by atoms with Crippen molar-refractivity contribution in [3.05, 3.63) is 59.2 Å². The van der Waals surface area contributed by atoms with E-state index in [0.29, 0.717) is 5.69 Å². The number of anilines is 2. The molecular weight excluding hydrogens is 386 g/mol. The first kappa shape index (κ1) is 21.4. The molecule has 2 aromatic carbocycles. The predicted molar refractivity (Wildman–Crippen MR) is 125 cm³/mol. The van der Waals surface area contributed by atoms with Crippen molar-refractivity contribution >= 4 is 23.2 Å². The van der Waals surface area contributed by atoms with Crippen molar-refractivity contribution in [1.82, 2.24) is 5.32 Å². The van der Waals surface area contributed by atoms with Gasteiger partial charge >= 0.3 is 11.8 Å². The summed E-state index contributed by atoms with van der Waals surface area (Å²) in [5, 5.41) is 5.65. The summed E-state index contributed by atoms with van der Waals surface area (Å²) in [6.07, 6.45) is 9.19. The van der Waals surface area contributed by atoms with Gasteiger partial charge in [0.15, 0.2) is 0 Å². The van der Waals surface area contributed by atoms with Crippen LogP contribution in [0, 0.1) is 0 Å². The number of carbonyl (C=O) groups excluding carboxylic acids is 2. The topological polar surface area (TPSA) is 61.4 Å². The Labute approximate surface area is 185 Å². The van der Waals surface area contributed by atoms with Gasteiger partial charge in [-0.2, -0.15) is 0 Å². The van der Waals surface area contributed by atoms with E-state index in [-0.39, 0.29) is 6.04 Å². The Morgan fingerprint density at radius 3 is 2.29 bits per heavy atom. The Kier molecular flexibility index (Phi) is 6.90. The second-order valence-corrected chi connectivity index (χ2v) is 8.72. The number of benzene rings is 2. The van der Waals surface area contributed by atoms with Crippen LogP contribution >= 0.6 is 0 Å².